The summed E-state index contributed by atoms with van der Waals surface area (Å²) in [4.78, 5) is 20.5. The lowest BCUT2D eigenvalue weighted by molar-refractivity contribution is 0.0159. The summed E-state index contributed by atoms with van der Waals surface area (Å²) in [7, 11) is -3.79. The van der Waals surface area contributed by atoms with Crippen molar-refractivity contribution in [1.29, 1.82) is 0 Å². The molecule has 1 aliphatic carbocycles. The van der Waals surface area contributed by atoms with Crippen LogP contribution >= 0.6 is 0 Å². The summed E-state index contributed by atoms with van der Waals surface area (Å²) in [5.74, 6) is -1.28. The number of aryl methyl sites for hydroxylation is 1. The van der Waals surface area contributed by atoms with Gasteiger partial charge in [0.15, 0.2) is 11.6 Å². The van der Waals surface area contributed by atoms with Crippen molar-refractivity contribution in [2.45, 2.75) is 77.2 Å². The van der Waals surface area contributed by atoms with Gasteiger partial charge in [-0.05, 0) is 95.5 Å². The van der Waals surface area contributed by atoms with Gasteiger partial charge in [0.2, 0.25) is 10.0 Å². The molecular weight excluding hydrogens is 650 g/mol. The van der Waals surface area contributed by atoms with E-state index in [1.807, 2.05) is 32.6 Å². The summed E-state index contributed by atoms with van der Waals surface area (Å²) < 4.78 is 67.9. The van der Waals surface area contributed by atoms with Crippen molar-refractivity contribution in [3.63, 3.8) is 0 Å². The zero-order valence-electron chi connectivity index (χ0n) is 28.4. The van der Waals surface area contributed by atoms with E-state index in [2.05, 4.69) is 9.71 Å². The molecule has 1 saturated carbocycles. The number of nitrogens with zero attached hydrogens (tertiary/aromatic N) is 5. The second kappa shape index (κ2) is 13.4. The highest BCUT2D eigenvalue weighted by molar-refractivity contribution is 7.93. The van der Waals surface area contributed by atoms with Crippen LogP contribution in [0, 0.1) is 18.6 Å². The van der Waals surface area contributed by atoms with E-state index in [0.29, 0.717) is 60.5 Å². The molecule has 49 heavy (non-hydrogen) atoms. The number of anilines is 2. The molecule has 260 valence electrons. The Hall–Kier alpha value is -4.52. The summed E-state index contributed by atoms with van der Waals surface area (Å²) >= 11 is 0. The number of halogens is 2. The number of nitrogens with one attached hydrogen (secondary N) is 1. The first kappa shape index (κ1) is 34.3. The summed E-state index contributed by atoms with van der Waals surface area (Å²) in [5.41, 5.74) is 2.23. The van der Waals surface area contributed by atoms with Gasteiger partial charge in [-0.2, -0.15) is 5.10 Å². The molecule has 2 aliphatic rings. The fourth-order valence-corrected chi connectivity index (χ4v) is 8.13. The Morgan fingerprint density at radius 1 is 1.00 bits per heavy atom. The highest BCUT2D eigenvalue weighted by atomic mass is 32.2. The molecule has 0 radical (unpaired) electrons. The maximum atomic E-state index is 16.3. The molecule has 2 aromatic carbocycles. The highest BCUT2D eigenvalue weighted by Crippen LogP contribution is 2.38. The first-order valence-electron chi connectivity index (χ1n) is 16.6. The first-order valence-corrected chi connectivity index (χ1v) is 18.1. The number of hydrogen-bond donors (Lipinski definition) is 1. The van der Waals surface area contributed by atoms with Gasteiger partial charge in [0.1, 0.15) is 17.0 Å². The molecule has 0 spiro atoms. The third-order valence-corrected chi connectivity index (χ3v) is 10.8. The Morgan fingerprint density at radius 2 is 1.71 bits per heavy atom. The van der Waals surface area contributed by atoms with E-state index < -0.39 is 32.5 Å². The van der Waals surface area contributed by atoms with Gasteiger partial charge in [-0.15, -0.1) is 0 Å². The topological polar surface area (TPSA) is 110 Å². The number of carbonyl (C=O) groups excluding carboxylic acids is 1. The standard InChI is InChI=1S/C36H42F2N6O4S/c1-23-18-28(33(38)31(19-23)41-49(46,47)27-8-6-7-9-27)29-22-44(40-34(29)25-12-14-39-15-13-25)32-11-10-26(20-30(32)37)42-16-17-43(24(2)21-42)35(45)48-36(3,4)5/h10-15,18-20,22,24,27,41H,6-9,16-17,21H2,1-5H3/t24-/m1/s1. The van der Waals surface area contributed by atoms with Crippen molar-refractivity contribution >= 4 is 27.5 Å². The number of aromatic nitrogens is 3. The van der Waals surface area contributed by atoms with Crippen molar-refractivity contribution in [3.05, 3.63) is 78.3 Å². The number of pyridine rings is 1. The number of amides is 1. The van der Waals surface area contributed by atoms with Crippen LogP contribution in [0.3, 0.4) is 0 Å². The van der Waals surface area contributed by atoms with Crippen LogP contribution in [0.1, 0.15) is 58.9 Å². The Kier molecular flexibility index (Phi) is 9.40. The molecule has 4 aromatic rings. The fraction of sp³-hybridized carbons (Fsp3) is 0.417. The van der Waals surface area contributed by atoms with E-state index in [1.165, 1.54) is 16.8 Å². The molecule has 1 N–H and O–H groups in total. The largest absolute Gasteiger partial charge is 0.444 e. The van der Waals surface area contributed by atoms with Crippen LogP contribution in [-0.2, 0) is 14.8 Å². The van der Waals surface area contributed by atoms with E-state index in [9.17, 15) is 13.2 Å². The third-order valence-electron chi connectivity index (χ3n) is 8.97. The maximum absolute atomic E-state index is 16.3. The number of rotatable bonds is 7. The number of sulfonamides is 1. The smallest absolute Gasteiger partial charge is 0.410 e. The van der Waals surface area contributed by atoms with Crippen LogP contribution in [0.2, 0.25) is 0 Å². The average Bonchev–Trinajstić information content (AvgIpc) is 3.74. The number of carbonyl (C=O) groups is 1. The second-order valence-electron chi connectivity index (χ2n) is 13.9. The van der Waals surface area contributed by atoms with Gasteiger partial charge in [0.05, 0.1) is 10.9 Å². The predicted molar refractivity (Wildman–Crippen MR) is 186 cm³/mol. The maximum Gasteiger partial charge on any atom is 0.410 e. The van der Waals surface area contributed by atoms with Crippen LogP contribution in [0.15, 0.2) is 61.1 Å². The van der Waals surface area contributed by atoms with Crippen LogP contribution in [0.5, 0.6) is 0 Å². The second-order valence-corrected chi connectivity index (χ2v) is 15.9. The molecule has 13 heteroatoms. The quantitative estimate of drug-likeness (QED) is 0.216. The SMILES string of the molecule is Cc1cc(NS(=O)(=O)C2CCCC2)c(F)c(-c2cn(-c3ccc(N4CCN(C(=O)OC(C)(C)C)[C@H](C)C4)cc3F)nc2-c2ccncc2)c1. The molecule has 0 bridgehead atoms. The monoisotopic (exact) mass is 692 g/mol. The van der Waals surface area contributed by atoms with Gasteiger partial charge >= 0.3 is 6.09 Å². The summed E-state index contributed by atoms with van der Waals surface area (Å²) in [6.07, 6.45) is 7.09. The van der Waals surface area contributed by atoms with Crippen molar-refractivity contribution in [1.82, 2.24) is 19.7 Å². The highest BCUT2D eigenvalue weighted by Gasteiger charge is 2.32. The summed E-state index contributed by atoms with van der Waals surface area (Å²) in [6, 6.07) is 11.3. The van der Waals surface area contributed by atoms with Gasteiger partial charge < -0.3 is 14.5 Å². The molecule has 2 aromatic heterocycles. The third kappa shape index (κ3) is 7.41. The Bertz CT molecular complexity index is 1960. The molecule has 6 rings (SSSR count). The predicted octanol–water partition coefficient (Wildman–Crippen LogP) is 7.32. The molecule has 3 heterocycles. The molecular formula is C36H42F2N6O4S. The number of piperazine rings is 1. The van der Waals surface area contributed by atoms with Crippen molar-refractivity contribution in [3.8, 4) is 28.1 Å². The Morgan fingerprint density at radius 3 is 2.37 bits per heavy atom. The lowest BCUT2D eigenvalue weighted by Crippen LogP contribution is -2.55. The fourth-order valence-electron chi connectivity index (χ4n) is 6.55. The normalized spacial score (nSPS) is 17.4. The van der Waals surface area contributed by atoms with E-state index in [4.69, 9.17) is 9.84 Å². The minimum atomic E-state index is -3.79. The van der Waals surface area contributed by atoms with Crippen LogP contribution in [0.25, 0.3) is 28.1 Å². The Balaban J connectivity index is 1.32. The van der Waals surface area contributed by atoms with Gasteiger partial charge in [0.25, 0.3) is 0 Å². The number of benzene rings is 2. The first-order chi connectivity index (χ1) is 23.2. The molecule has 0 unspecified atom stereocenters. The molecule has 2 fully saturated rings. The van der Waals surface area contributed by atoms with Crippen LogP contribution < -0.4 is 9.62 Å². The van der Waals surface area contributed by atoms with Gasteiger partial charge in [-0.1, -0.05) is 12.8 Å². The number of hydrogen-bond acceptors (Lipinski definition) is 7. The summed E-state index contributed by atoms with van der Waals surface area (Å²) in [6.45, 7) is 10.6. The van der Waals surface area contributed by atoms with E-state index in [0.717, 1.165) is 12.8 Å². The zero-order valence-corrected chi connectivity index (χ0v) is 29.2. The minimum absolute atomic E-state index is 0.133. The molecule has 10 nitrogen and oxygen atoms in total. The molecule has 1 aliphatic heterocycles. The minimum Gasteiger partial charge on any atom is -0.444 e. The molecule has 1 atom stereocenters. The zero-order chi connectivity index (χ0) is 35.1. The van der Waals surface area contributed by atoms with E-state index in [-0.39, 0.29) is 29.1 Å². The van der Waals surface area contributed by atoms with Crippen LogP contribution in [-0.4, -0.2) is 70.7 Å². The Labute approximate surface area is 286 Å². The van der Waals surface area contributed by atoms with Crippen molar-refractivity contribution in [2.75, 3.05) is 29.3 Å². The lowest BCUT2D eigenvalue weighted by atomic mass is 9.99. The van der Waals surface area contributed by atoms with Crippen molar-refractivity contribution < 1.29 is 26.7 Å². The van der Waals surface area contributed by atoms with Gasteiger partial charge in [0, 0.05) is 66.6 Å². The van der Waals surface area contributed by atoms with E-state index >= 15 is 8.78 Å². The van der Waals surface area contributed by atoms with E-state index in [1.54, 1.807) is 60.7 Å². The van der Waals surface area contributed by atoms with Gasteiger partial charge in [-0.25, -0.2) is 26.7 Å². The van der Waals surface area contributed by atoms with Gasteiger partial charge in [-0.3, -0.25) is 9.71 Å². The van der Waals surface area contributed by atoms with Crippen LogP contribution in [0.4, 0.5) is 25.0 Å². The lowest BCUT2D eigenvalue weighted by Gasteiger charge is -2.41. The molecule has 1 amide bonds. The van der Waals surface area contributed by atoms with Crippen molar-refractivity contribution in [2.24, 2.45) is 0 Å². The summed E-state index contributed by atoms with van der Waals surface area (Å²) in [5, 5.41) is 4.15. The number of ether oxygens (including phenoxy) is 1. The average molecular weight is 693 g/mol. The molecule has 1 saturated heterocycles.